The SMILES string of the molecule is CCN(C)c1cccc(C(C)NCc2ccccc2C#N)c1. The van der Waals surface area contributed by atoms with E-state index >= 15 is 0 Å². The van der Waals surface area contributed by atoms with Crippen molar-refractivity contribution in [3.05, 3.63) is 65.2 Å². The van der Waals surface area contributed by atoms with Crippen LogP contribution in [-0.2, 0) is 6.54 Å². The first kappa shape index (κ1) is 16.1. The van der Waals surface area contributed by atoms with Crippen LogP contribution in [0.3, 0.4) is 0 Å². The van der Waals surface area contributed by atoms with Gasteiger partial charge in [0.2, 0.25) is 0 Å². The van der Waals surface area contributed by atoms with Crippen molar-refractivity contribution in [2.24, 2.45) is 0 Å². The van der Waals surface area contributed by atoms with Crippen LogP contribution in [0, 0.1) is 11.3 Å². The Morgan fingerprint density at radius 2 is 1.95 bits per heavy atom. The normalized spacial score (nSPS) is 11.7. The number of hydrogen-bond acceptors (Lipinski definition) is 3. The van der Waals surface area contributed by atoms with Gasteiger partial charge in [-0.3, -0.25) is 0 Å². The summed E-state index contributed by atoms with van der Waals surface area (Å²) in [7, 11) is 2.10. The topological polar surface area (TPSA) is 39.1 Å². The molecule has 2 aromatic rings. The summed E-state index contributed by atoms with van der Waals surface area (Å²) < 4.78 is 0. The molecule has 3 heteroatoms. The van der Waals surface area contributed by atoms with Gasteiger partial charge in [-0.25, -0.2) is 0 Å². The van der Waals surface area contributed by atoms with E-state index in [4.69, 9.17) is 5.26 Å². The molecule has 1 unspecified atom stereocenters. The average molecular weight is 293 g/mol. The number of rotatable bonds is 6. The molecule has 0 aliphatic carbocycles. The molecule has 0 heterocycles. The van der Waals surface area contributed by atoms with Gasteiger partial charge in [-0.05, 0) is 43.2 Å². The van der Waals surface area contributed by atoms with Crippen LogP contribution in [0.2, 0.25) is 0 Å². The average Bonchev–Trinajstić information content (AvgIpc) is 2.59. The van der Waals surface area contributed by atoms with Gasteiger partial charge in [-0.2, -0.15) is 5.26 Å². The highest BCUT2D eigenvalue weighted by Crippen LogP contribution is 2.20. The zero-order valence-corrected chi connectivity index (χ0v) is 13.5. The predicted molar refractivity (Wildman–Crippen MR) is 91.8 cm³/mol. The second kappa shape index (κ2) is 7.63. The molecule has 2 rings (SSSR count). The molecule has 0 fully saturated rings. The van der Waals surface area contributed by atoms with Crippen LogP contribution in [0.4, 0.5) is 5.69 Å². The van der Waals surface area contributed by atoms with Crippen LogP contribution in [-0.4, -0.2) is 13.6 Å². The Balaban J connectivity index is 2.06. The minimum atomic E-state index is 0.233. The second-order valence-electron chi connectivity index (χ2n) is 5.48. The second-order valence-corrected chi connectivity index (χ2v) is 5.48. The molecular weight excluding hydrogens is 270 g/mol. The highest BCUT2D eigenvalue weighted by atomic mass is 15.1. The molecule has 114 valence electrons. The summed E-state index contributed by atoms with van der Waals surface area (Å²) in [6, 6.07) is 18.8. The molecule has 0 bridgehead atoms. The Kier molecular flexibility index (Phi) is 5.57. The highest BCUT2D eigenvalue weighted by molar-refractivity contribution is 5.48. The maximum atomic E-state index is 9.14. The summed E-state index contributed by atoms with van der Waals surface area (Å²) in [5.74, 6) is 0. The van der Waals surface area contributed by atoms with Crippen molar-refractivity contribution in [2.75, 3.05) is 18.5 Å². The van der Waals surface area contributed by atoms with E-state index in [1.54, 1.807) is 0 Å². The fraction of sp³-hybridized carbons (Fsp3) is 0.316. The summed E-state index contributed by atoms with van der Waals surface area (Å²) in [5.41, 5.74) is 4.26. The number of hydrogen-bond donors (Lipinski definition) is 1. The number of nitrogens with one attached hydrogen (secondary N) is 1. The summed E-state index contributed by atoms with van der Waals surface area (Å²) in [4.78, 5) is 2.22. The quantitative estimate of drug-likeness (QED) is 0.879. The standard InChI is InChI=1S/C19H23N3/c1-4-22(3)19-11-7-10-16(12-19)15(2)21-14-18-9-6-5-8-17(18)13-20/h5-12,15,21H,4,14H2,1-3H3. The van der Waals surface area contributed by atoms with Gasteiger partial charge in [-0.15, -0.1) is 0 Å². The van der Waals surface area contributed by atoms with Crippen molar-refractivity contribution in [1.82, 2.24) is 5.32 Å². The zero-order valence-electron chi connectivity index (χ0n) is 13.5. The van der Waals surface area contributed by atoms with Crippen LogP contribution in [0.15, 0.2) is 48.5 Å². The van der Waals surface area contributed by atoms with E-state index in [1.165, 1.54) is 11.3 Å². The zero-order chi connectivity index (χ0) is 15.9. The Hall–Kier alpha value is -2.31. The molecule has 0 aromatic heterocycles. The van der Waals surface area contributed by atoms with Gasteiger partial charge < -0.3 is 10.2 Å². The Labute approximate surface area is 133 Å². The van der Waals surface area contributed by atoms with Crippen molar-refractivity contribution in [2.45, 2.75) is 26.4 Å². The van der Waals surface area contributed by atoms with Crippen molar-refractivity contribution in [1.29, 1.82) is 5.26 Å². The van der Waals surface area contributed by atoms with Crippen LogP contribution in [0.25, 0.3) is 0 Å². The van der Waals surface area contributed by atoms with E-state index in [-0.39, 0.29) is 6.04 Å². The largest absolute Gasteiger partial charge is 0.375 e. The van der Waals surface area contributed by atoms with Gasteiger partial charge in [0.15, 0.2) is 0 Å². The molecule has 0 aliphatic heterocycles. The highest BCUT2D eigenvalue weighted by Gasteiger charge is 2.08. The van der Waals surface area contributed by atoms with E-state index in [2.05, 4.69) is 61.4 Å². The fourth-order valence-electron chi connectivity index (χ4n) is 2.38. The van der Waals surface area contributed by atoms with Crippen LogP contribution >= 0.6 is 0 Å². The van der Waals surface area contributed by atoms with Gasteiger partial charge in [-0.1, -0.05) is 30.3 Å². The molecule has 22 heavy (non-hydrogen) atoms. The van der Waals surface area contributed by atoms with E-state index < -0.39 is 0 Å². The first-order valence-electron chi connectivity index (χ1n) is 7.68. The number of nitriles is 1. The first-order valence-corrected chi connectivity index (χ1v) is 7.68. The lowest BCUT2D eigenvalue weighted by molar-refractivity contribution is 0.574. The number of benzene rings is 2. The van der Waals surface area contributed by atoms with Crippen molar-refractivity contribution in [3.63, 3.8) is 0 Å². The minimum Gasteiger partial charge on any atom is -0.375 e. The molecular formula is C19H23N3. The summed E-state index contributed by atoms with van der Waals surface area (Å²) in [6.45, 7) is 5.98. The van der Waals surface area contributed by atoms with Gasteiger partial charge in [0.25, 0.3) is 0 Å². The molecule has 0 amide bonds. The molecule has 1 N–H and O–H groups in total. The smallest absolute Gasteiger partial charge is 0.0995 e. The molecule has 0 saturated heterocycles. The number of anilines is 1. The first-order chi connectivity index (χ1) is 10.7. The lowest BCUT2D eigenvalue weighted by Crippen LogP contribution is -2.20. The maximum Gasteiger partial charge on any atom is 0.0995 e. The van der Waals surface area contributed by atoms with Crippen molar-refractivity contribution >= 4 is 5.69 Å². The van der Waals surface area contributed by atoms with E-state index in [0.29, 0.717) is 6.54 Å². The third kappa shape index (κ3) is 3.87. The summed E-state index contributed by atoms with van der Waals surface area (Å²) >= 11 is 0. The molecule has 3 nitrogen and oxygen atoms in total. The molecule has 2 aromatic carbocycles. The van der Waals surface area contributed by atoms with Gasteiger partial charge in [0.05, 0.1) is 11.6 Å². The minimum absolute atomic E-state index is 0.233. The van der Waals surface area contributed by atoms with Crippen molar-refractivity contribution in [3.8, 4) is 6.07 Å². The predicted octanol–water partition coefficient (Wildman–Crippen LogP) is 3.87. The summed E-state index contributed by atoms with van der Waals surface area (Å²) in [5, 5.41) is 12.6. The van der Waals surface area contributed by atoms with Gasteiger partial charge in [0.1, 0.15) is 0 Å². The van der Waals surface area contributed by atoms with Crippen LogP contribution in [0.1, 0.15) is 36.6 Å². The Bertz CT molecular complexity index is 658. The van der Waals surface area contributed by atoms with E-state index in [0.717, 1.165) is 17.7 Å². The lowest BCUT2D eigenvalue weighted by Gasteiger charge is -2.20. The third-order valence-electron chi connectivity index (χ3n) is 4.02. The molecule has 0 spiro atoms. The van der Waals surface area contributed by atoms with Crippen LogP contribution in [0.5, 0.6) is 0 Å². The Morgan fingerprint density at radius 1 is 1.18 bits per heavy atom. The fourth-order valence-corrected chi connectivity index (χ4v) is 2.38. The molecule has 0 aliphatic rings. The third-order valence-corrected chi connectivity index (χ3v) is 4.02. The maximum absolute atomic E-state index is 9.14. The summed E-state index contributed by atoms with van der Waals surface area (Å²) in [6.07, 6.45) is 0. The Morgan fingerprint density at radius 3 is 2.68 bits per heavy atom. The number of nitrogens with zero attached hydrogens (tertiary/aromatic N) is 2. The van der Waals surface area contributed by atoms with E-state index in [1.807, 2.05) is 24.3 Å². The lowest BCUT2D eigenvalue weighted by atomic mass is 10.1. The monoisotopic (exact) mass is 293 g/mol. The van der Waals surface area contributed by atoms with Gasteiger partial charge in [0, 0.05) is 31.9 Å². The molecule has 0 radical (unpaired) electrons. The van der Waals surface area contributed by atoms with Crippen LogP contribution < -0.4 is 10.2 Å². The van der Waals surface area contributed by atoms with Gasteiger partial charge >= 0.3 is 0 Å². The molecule has 1 atom stereocenters. The molecule has 0 saturated carbocycles. The van der Waals surface area contributed by atoms with Crippen molar-refractivity contribution < 1.29 is 0 Å². The van der Waals surface area contributed by atoms with E-state index in [9.17, 15) is 0 Å².